The molecule has 2 N–H and O–H groups in total. The van der Waals surface area contributed by atoms with Gasteiger partial charge in [-0.25, -0.2) is 4.98 Å². The van der Waals surface area contributed by atoms with E-state index in [1.807, 2.05) is 12.1 Å². The molecule has 2 fully saturated rings. The van der Waals surface area contributed by atoms with Crippen molar-refractivity contribution in [3.8, 4) is 6.07 Å². The number of aromatic nitrogens is 1. The van der Waals surface area contributed by atoms with E-state index in [1.165, 1.54) is 25.7 Å². The molecule has 0 aliphatic carbocycles. The van der Waals surface area contributed by atoms with Crippen LogP contribution in [0.4, 0.5) is 5.82 Å². The number of hydrogen-bond donors (Lipinski definition) is 2. The van der Waals surface area contributed by atoms with Crippen molar-refractivity contribution in [1.82, 2.24) is 10.3 Å². The SMILES string of the molecule is N#Cc1ccc(NC2CC3CCC(C2)N3)nc1. The molecule has 2 atom stereocenters. The molecular weight excluding hydrogens is 212 g/mol. The van der Waals surface area contributed by atoms with Crippen LogP contribution in [0.3, 0.4) is 0 Å². The van der Waals surface area contributed by atoms with Gasteiger partial charge >= 0.3 is 0 Å². The Morgan fingerprint density at radius 1 is 1.29 bits per heavy atom. The Morgan fingerprint density at radius 3 is 2.65 bits per heavy atom. The maximum absolute atomic E-state index is 8.71. The van der Waals surface area contributed by atoms with E-state index >= 15 is 0 Å². The van der Waals surface area contributed by atoms with E-state index in [0.717, 1.165) is 5.82 Å². The number of piperidine rings is 1. The second-order valence-corrected chi connectivity index (χ2v) is 4.99. The summed E-state index contributed by atoms with van der Waals surface area (Å²) in [5, 5.41) is 15.8. The van der Waals surface area contributed by atoms with E-state index in [4.69, 9.17) is 5.26 Å². The maximum atomic E-state index is 8.71. The second-order valence-electron chi connectivity index (χ2n) is 4.99. The number of nitrogens with zero attached hydrogens (tertiary/aromatic N) is 2. The van der Waals surface area contributed by atoms with Gasteiger partial charge in [-0.1, -0.05) is 0 Å². The van der Waals surface area contributed by atoms with Gasteiger partial charge in [0.05, 0.1) is 5.56 Å². The van der Waals surface area contributed by atoms with Crippen molar-refractivity contribution in [2.75, 3.05) is 5.32 Å². The van der Waals surface area contributed by atoms with Crippen molar-refractivity contribution in [3.05, 3.63) is 23.9 Å². The molecule has 2 aliphatic rings. The fourth-order valence-electron chi connectivity index (χ4n) is 2.93. The fourth-order valence-corrected chi connectivity index (χ4v) is 2.93. The molecule has 4 heteroatoms. The van der Waals surface area contributed by atoms with Crippen LogP contribution < -0.4 is 10.6 Å². The Morgan fingerprint density at radius 2 is 2.06 bits per heavy atom. The van der Waals surface area contributed by atoms with Gasteiger partial charge in [-0.05, 0) is 37.8 Å². The summed E-state index contributed by atoms with van der Waals surface area (Å²) < 4.78 is 0. The largest absolute Gasteiger partial charge is 0.367 e. The molecular formula is C13H16N4. The summed E-state index contributed by atoms with van der Waals surface area (Å²) in [6.45, 7) is 0. The summed E-state index contributed by atoms with van der Waals surface area (Å²) in [5.74, 6) is 0.885. The van der Waals surface area contributed by atoms with Crippen molar-refractivity contribution in [2.24, 2.45) is 0 Å². The van der Waals surface area contributed by atoms with Gasteiger partial charge in [0, 0.05) is 24.3 Å². The van der Waals surface area contributed by atoms with Crippen molar-refractivity contribution in [1.29, 1.82) is 5.26 Å². The average molecular weight is 228 g/mol. The van der Waals surface area contributed by atoms with Gasteiger partial charge in [0.1, 0.15) is 11.9 Å². The Balaban J connectivity index is 1.64. The smallest absolute Gasteiger partial charge is 0.126 e. The predicted octanol–water partition coefficient (Wildman–Crippen LogP) is 1.65. The van der Waals surface area contributed by atoms with Crippen molar-refractivity contribution >= 4 is 5.82 Å². The first kappa shape index (κ1) is 10.5. The van der Waals surface area contributed by atoms with Crippen LogP contribution in [0.2, 0.25) is 0 Å². The molecule has 0 radical (unpaired) electrons. The molecule has 17 heavy (non-hydrogen) atoms. The van der Waals surface area contributed by atoms with Gasteiger partial charge in [0.15, 0.2) is 0 Å². The molecule has 0 spiro atoms. The molecule has 3 rings (SSSR count). The Hall–Kier alpha value is -1.60. The summed E-state index contributed by atoms with van der Waals surface area (Å²) in [6, 6.07) is 7.68. The van der Waals surface area contributed by atoms with E-state index in [1.54, 1.807) is 6.20 Å². The average Bonchev–Trinajstić information content (AvgIpc) is 2.70. The van der Waals surface area contributed by atoms with E-state index in [-0.39, 0.29) is 0 Å². The predicted molar refractivity (Wildman–Crippen MR) is 65.5 cm³/mol. The molecule has 2 aliphatic heterocycles. The van der Waals surface area contributed by atoms with Gasteiger partial charge in [-0.15, -0.1) is 0 Å². The molecule has 0 aromatic carbocycles. The topological polar surface area (TPSA) is 60.7 Å². The summed E-state index contributed by atoms with van der Waals surface area (Å²) in [5.41, 5.74) is 0.612. The number of pyridine rings is 1. The highest BCUT2D eigenvalue weighted by Crippen LogP contribution is 2.28. The van der Waals surface area contributed by atoms with Gasteiger partial charge in [0.25, 0.3) is 0 Å². The van der Waals surface area contributed by atoms with E-state index in [9.17, 15) is 0 Å². The third kappa shape index (κ3) is 2.25. The number of hydrogen-bond acceptors (Lipinski definition) is 4. The van der Waals surface area contributed by atoms with Crippen LogP contribution in [-0.2, 0) is 0 Å². The molecule has 0 amide bonds. The summed E-state index contributed by atoms with van der Waals surface area (Å²) in [7, 11) is 0. The minimum absolute atomic E-state index is 0.522. The Kier molecular flexibility index (Phi) is 2.69. The first-order valence-electron chi connectivity index (χ1n) is 6.22. The van der Waals surface area contributed by atoms with Crippen LogP contribution >= 0.6 is 0 Å². The quantitative estimate of drug-likeness (QED) is 0.808. The van der Waals surface area contributed by atoms with Gasteiger partial charge in [-0.3, -0.25) is 0 Å². The molecule has 4 nitrogen and oxygen atoms in total. The third-order valence-electron chi connectivity index (χ3n) is 3.72. The lowest BCUT2D eigenvalue weighted by Crippen LogP contribution is -2.43. The van der Waals surface area contributed by atoms with Crippen LogP contribution in [0.1, 0.15) is 31.2 Å². The molecule has 0 saturated carbocycles. The molecule has 2 saturated heterocycles. The lowest BCUT2D eigenvalue weighted by atomic mass is 10.00. The number of fused-ring (bicyclic) bond motifs is 2. The molecule has 2 bridgehead atoms. The van der Waals surface area contributed by atoms with Gasteiger partial charge in [-0.2, -0.15) is 5.26 Å². The molecule has 3 heterocycles. The lowest BCUT2D eigenvalue weighted by molar-refractivity contribution is 0.377. The van der Waals surface area contributed by atoms with Gasteiger partial charge in [0.2, 0.25) is 0 Å². The minimum atomic E-state index is 0.522. The van der Waals surface area contributed by atoms with Crippen molar-refractivity contribution in [3.63, 3.8) is 0 Å². The monoisotopic (exact) mass is 228 g/mol. The summed E-state index contributed by atoms with van der Waals surface area (Å²) in [4.78, 5) is 4.26. The van der Waals surface area contributed by atoms with Crippen LogP contribution in [0.5, 0.6) is 0 Å². The molecule has 1 aromatic rings. The Labute approximate surface area is 101 Å². The maximum Gasteiger partial charge on any atom is 0.126 e. The number of rotatable bonds is 2. The van der Waals surface area contributed by atoms with Crippen LogP contribution in [0.25, 0.3) is 0 Å². The highest BCUT2D eigenvalue weighted by molar-refractivity contribution is 5.40. The first-order chi connectivity index (χ1) is 8.33. The van der Waals surface area contributed by atoms with Crippen LogP contribution in [-0.4, -0.2) is 23.1 Å². The van der Waals surface area contributed by atoms with Crippen LogP contribution in [0, 0.1) is 11.3 Å². The first-order valence-corrected chi connectivity index (χ1v) is 6.22. The molecule has 2 unspecified atom stereocenters. The highest BCUT2D eigenvalue weighted by atomic mass is 15.1. The standard InChI is InChI=1S/C13H16N4/c14-7-9-1-4-13(15-8-9)17-12-5-10-2-3-11(6-12)16-10/h1,4,8,10-12,16H,2-3,5-6H2,(H,15,17). The fraction of sp³-hybridized carbons (Fsp3) is 0.538. The molecule has 88 valence electrons. The second kappa shape index (κ2) is 4.34. The zero-order chi connectivity index (χ0) is 11.7. The summed E-state index contributed by atoms with van der Waals surface area (Å²) in [6.07, 6.45) is 6.60. The third-order valence-corrected chi connectivity index (χ3v) is 3.72. The number of nitrogens with one attached hydrogen (secondary N) is 2. The zero-order valence-electron chi connectivity index (χ0n) is 9.69. The van der Waals surface area contributed by atoms with Crippen LogP contribution in [0.15, 0.2) is 18.3 Å². The van der Waals surface area contributed by atoms with E-state index < -0.39 is 0 Å². The minimum Gasteiger partial charge on any atom is -0.367 e. The normalized spacial score (nSPS) is 30.9. The van der Waals surface area contributed by atoms with E-state index in [0.29, 0.717) is 23.7 Å². The van der Waals surface area contributed by atoms with Crippen molar-refractivity contribution in [2.45, 2.75) is 43.8 Å². The van der Waals surface area contributed by atoms with E-state index in [2.05, 4.69) is 21.7 Å². The Bertz CT molecular complexity index is 422. The summed E-state index contributed by atoms with van der Waals surface area (Å²) >= 11 is 0. The zero-order valence-corrected chi connectivity index (χ0v) is 9.69. The lowest BCUT2D eigenvalue weighted by Gasteiger charge is -2.30. The molecule has 1 aromatic heterocycles. The highest BCUT2D eigenvalue weighted by Gasteiger charge is 2.33. The number of nitriles is 1. The number of anilines is 1. The van der Waals surface area contributed by atoms with Gasteiger partial charge < -0.3 is 10.6 Å². The van der Waals surface area contributed by atoms with Crippen molar-refractivity contribution < 1.29 is 0 Å².